The van der Waals surface area contributed by atoms with Crippen molar-refractivity contribution in [3.63, 3.8) is 0 Å². The van der Waals surface area contributed by atoms with Gasteiger partial charge in [-0.05, 0) is 32.0 Å². The maximum absolute atomic E-state index is 10.4. The Morgan fingerprint density at radius 1 is 0.639 bits per heavy atom. The summed E-state index contributed by atoms with van der Waals surface area (Å²) >= 11 is 0. The molecule has 2 atom stereocenters. The van der Waals surface area contributed by atoms with Gasteiger partial charge in [-0.15, -0.1) is 9.24 Å². The molecule has 0 rings (SSSR count). The Morgan fingerprint density at radius 2 is 1.03 bits per heavy atom. The normalized spacial score (nSPS) is 11.1. The lowest BCUT2D eigenvalue weighted by atomic mass is 10.0. The molecule has 0 saturated carbocycles. The summed E-state index contributed by atoms with van der Waals surface area (Å²) < 4.78 is 0. The van der Waals surface area contributed by atoms with Crippen LogP contribution in [-0.2, 0) is 9.59 Å². The Labute approximate surface area is 226 Å². The molecule has 0 spiro atoms. The van der Waals surface area contributed by atoms with Crippen molar-refractivity contribution >= 4 is 21.2 Å². The number of rotatable bonds is 24. The minimum absolute atomic E-state index is 0.345. The number of aliphatic carboxylic acids is 2. The van der Waals surface area contributed by atoms with E-state index in [-0.39, 0.29) is 6.61 Å². The number of unbranched alkanes of at least 4 members (excludes halogenated alkanes) is 16. The number of aliphatic hydroxyl groups is 1. The number of carboxylic acid groups (broad SMARTS) is 2. The smallest absolute Gasteiger partial charge is 0.323 e. The van der Waals surface area contributed by atoms with Crippen LogP contribution in [0.1, 0.15) is 149 Å². The molecule has 0 amide bonds. The largest absolute Gasteiger partial charge is 0.481 e. The number of hydrogen-bond donors (Lipinski definition) is 4. The van der Waals surface area contributed by atoms with Crippen LogP contribution in [0.2, 0.25) is 0 Å². The number of nitrogens with one attached hydrogen (secondary N) is 1. The standard InChI is InChI=1S/C16H32O2.C8H17NO3.C5H13P/c1-2-3-4-5-6-7-8-9-10-11-12-13-14-15-16(17)18;1-2-3-4-5-9-7(6-10)8(11)12;1-2-3-4-5-6/h2-15H2,1H3,(H,17,18);7,9-10H,2-6H2,1H3,(H,11,12);2-6H2,1H3. The summed E-state index contributed by atoms with van der Waals surface area (Å²) in [4.78, 5) is 20.7. The molecule has 0 aromatic carbocycles. The van der Waals surface area contributed by atoms with E-state index in [2.05, 4.69) is 35.3 Å². The predicted octanol–water partition coefficient (Wildman–Crippen LogP) is 7.82. The maximum Gasteiger partial charge on any atom is 0.323 e. The lowest BCUT2D eigenvalue weighted by molar-refractivity contribution is -0.140. The Bertz CT molecular complexity index is 434. The molecular weight excluding hydrogens is 473 g/mol. The van der Waals surface area contributed by atoms with Crippen LogP contribution >= 0.6 is 9.24 Å². The fourth-order valence-electron chi connectivity index (χ4n) is 3.57. The second-order valence-electron chi connectivity index (χ2n) is 9.62. The molecular formula is C29H62NO5P. The zero-order valence-corrected chi connectivity index (χ0v) is 25.2. The average Bonchev–Trinajstić information content (AvgIpc) is 2.86. The highest BCUT2D eigenvalue weighted by atomic mass is 31.0. The molecule has 0 aliphatic carbocycles. The molecule has 0 saturated heterocycles. The van der Waals surface area contributed by atoms with Crippen molar-refractivity contribution in [2.45, 2.75) is 155 Å². The summed E-state index contributed by atoms with van der Waals surface area (Å²) in [6, 6.07) is -0.804. The Kier molecular flexibility index (Phi) is 40.3. The van der Waals surface area contributed by atoms with Gasteiger partial charge in [-0.25, -0.2) is 0 Å². The molecule has 0 fully saturated rings. The topological polar surface area (TPSA) is 107 Å². The Morgan fingerprint density at radius 3 is 1.36 bits per heavy atom. The van der Waals surface area contributed by atoms with Gasteiger partial charge >= 0.3 is 11.9 Å². The van der Waals surface area contributed by atoms with E-state index in [4.69, 9.17) is 15.3 Å². The first-order valence-electron chi connectivity index (χ1n) is 14.9. The van der Waals surface area contributed by atoms with E-state index in [1.807, 2.05) is 0 Å². The number of hydrogen-bond acceptors (Lipinski definition) is 4. The van der Waals surface area contributed by atoms with Gasteiger partial charge in [0.2, 0.25) is 0 Å². The quantitative estimate of drug-likeness (QED) is 0.0741. The molecule has 2 unspecified atom stereocenters. The molecule has 0 radical (unpaired) electrons. The first-order chi connectivity index (χ1) is 17.4. The van der Waals surface area contributed by atoms with E-state index in [0.717, 1.165) is 32.1 Å². The zero-order chi connectivity index (χ0) is 27.7. The van der Waals surface area contributed by atoms with Crippen LogP contribution in [0.3, 0.4) is 0 Å². The Hall–Kier alpha value is -0.710. The fraction of sp³-hybridized carbons (Fsp3) is 0.931. The van der Waals surface area contributed by atoms with Crippen molar-refractivity contribution in [3.05, 3.63) is 0 Å². The van der Waals surface area contributed by atoms with Crippen molar-refractivity contribution in [1.82, 2.24) is 5.32 Å². The average molecular weight is 536 g/mol. The number of carbonyl (C=O) groups is 2. The van der Waals surface area contributed by atoms with E-state index >= 15 is 0 Å². The third kappa shape index (κ3) is 40.5. The van der Waals surface area contributed by atoms with Crippen LogP contribution in [0.15, 0.2) is 0 Å². The molecule has 7 heteroatoms. The minimum atomic E-state index is -0.992. The van der Waals surface area contributed by atoms with Gasteiger partial charge in [0.15, 0.2) is 0 Å². The monoisotopic (exact) mass is 535 g/mol. The summed E-state index contributed by atoms with van der Waals surface area (Å²) in [5, 5.41) is 28.4. The molecule has 0 aromatic rings. The van der Waals surface area contributed by atoms with E-state index in [1.165, 1.54) is 96.1 Å². The van der Waals surface area contributed by atoms with Gasteiger partial charge in [0.1, 0.15) is 6.04 Å². The van der Waals surface area contributed by atoms with Crippen molar-refractivity contribution in [3.8, 4) is 0 Å². The summed E-state index contributed by atoms with van der Waals surface area (Å²) in [6.45, 7) is 6.88. The predicted molar refractivity (Wildman–Crippen MR) is 158 cm³/mol. The zero-order valence-electron chi connectivity index (χ0n) is 24.1. The van der Waals surface area contributed by atoms with Crippen molar-refractivity contribution in [2.75, 3.05) is 19.3 Å². The summed E-state index contributed by atoms with van der Waals surface area (Å²) in [7, 11) is 2.73. The second kappa shape index (κ2) is 36.4. The van der Waals surface area contributed by atoms with Crippen LogP contribution in [0.5, 0.6) is 0 Å². The minimum Gasteiger partial charge on any atom is -0.481 e. The number of carboxylic acids is 2. The van der Waals surface area contributed by atoms with Gasteiger partial charge in [-0.3, -0.25) is 9.59 Å². The second-order valence-corrected chi connectivity index (χ2v) is 10.2. The maximum atomic E-state index is 10.4. The van der Waals surface area contributed by atoms with Gasteiger partial charge in [-0.2, -0.15) is 0 Å². The SMILES string of the molecule is CCCCCCCCCCCCCCCC(=O)O.CCCCCNC(CO)C(=O)O.CCCCCP. The highest BCUT2D eigenvalue weighted by molar-refractivity contribution is 7.16. The first-order valence-corrected chi connectivity index (χ1v) is 15.7. The number of aliphatic hydroxyl groups excluding tert-OH is 1. The van der Waals surface area contributed by atoms with E-state index < -0.39 is 18.0 Å². The third-order valence-corrected chi connectivity index (χ3v) is 6.36. The first kappa shape index (κ1) is 39.8. The van der Waals surface area contributed by atoms with Gasteiger partial charge in [0.05, 0.1) is 6.61 Å². The van der Waals surface area contributed by atoms with Gasteiger partial charge in [0, 0.05) is 6.42 Å². The van der Waals surface area contributed by atoms with Gasteiger partial charge in [-0.1, -0.05) is 124 Å². The highest BCUT2D eigenvalue weighted by Crippen LogP contribution is 2.12. The molecule has 36 heavy (non-hydrogen) atoms. The van der Waals surface area contributed by atoms with Crippen LogP contribution in [0.4, 0.5) is 0 Å². The van der Waals surface area contributed by atoms with Crippen LogP contribution in [0, 0.1) is 0 Å². The van der Waals surface area contributed by atoms with Crippen LogP contribution in [0.25, 0.3) is 0 Å². The van der Waals surface area contributed by atoms with E-state index in [9.17, 15) is 9.59 Å². The summed E-state index contributed by atoms with van der Waals surface area (Å²) in [5.41, 5.74) is 0. The summed E-state index contributed by atoms with van der Waals surface area (Å²) in [6.07, 6.45) is 25.8. The van der Waals surface area contributed by atoms with Crippen molar-refractivity contribution in [2.24, 2.45) is 0 Å². The molecule has 4 N–H and O–H groups in total. The fourth-order valence-corrected chi connectivity index (χ4v) is 3.86. The van der Waals surface area contributed by atoms with E-state index in [0.29, 0.717) is 13.0 Å². The van der Waals surface area contributed by atoms with Crippen molar-refractivity contribution < 1.29 is 24.9 Å². The molecule has 0 aromatic heterocycles. The highest BCUT2D eigenvalue weighted by Gasteiger charge is 2.13. The molecule has 0 aliphatic heterocycles. The molecule has 0 heterocycles. The van der Waals surface area contributed by atoms with Gasteiger partial charge in [0.25, 0.3) is 0 Å². The molecule has 0 aliphatic rings. The lowest BCUT2D eigenvalue weighted by Gasteiger charge is -2.10. The Balaban J connectivity index is -0.000000518. The molecule has 0 bridgehead atoms. The summed E-state index contributed by atoms with van der Waals surface area (Å²) in [5.74, 6) is -1.65. The lowest BCUT2D eigenvalue weighted by Crippen LogP contribution is -2.40. The van der Waals surface area contributed by atoms with Crippen LogP contribution < -0.4 is 5.32 Å². The van der Waals surface area contributed by atoms with E-state index in [1.54, 1.807) is 0 Å². The third-order valence-electron chi connectivity index (χ3n) is 5.95. The molecule has 218 valence electrons. The van der Waals surface area contributed by atoms with Crippen LogP contribution in [-0.4, -0.2) is 52.6 Å². The van der Waals surface area contributed by atoms with Crippen molar-refractivity contribution in [1.29, 1.82) is 0 Å². The molecule has 6 nitrogen and oxygen atoms in total. The van der Waals surface area contributed by atoms with Gasteiger partial charge < -0.3 is 20.6 Å².